The zero-order valence-electron chi connectivity index (χ0n) is 20.6. The summed E-state index contributed by atoms with van der Waals surface area (Å²) >= 11 is 0. The minimum absolute atomic E-state index is 0.0951. The van der Waals surface area contributed by atoms with Crippen molar-refractivity contribution < 1.29 is 40.7 Å². The van der Waals surface area contributed by atoms with E-state index in [0.717, 1.165) is 30.2 Å². The van der Waals surface area contributed by atoms with Gasteiger partial charge in [0.05, 0.1) is 23.9 Å². The molecular weight excluding hydrogens is 529 g/mol. The third-order valence-corrected chi connectivity index (χ3v) is 7.73. The number of anilines is 1. The molecule has 1 aromatic heterocycles. The van der Waals surface area contributed by atoms with E-state index in [1.54, 1.807) is 12.1 Å². The monoisotopic (exact) mass is 556 g/mol. The van der Waals surface area contributed by atoms with Crippen molar-refractivity contribution in [1.29, 1.82) is 0 Å². The van der Waals surface area contributed by atoms with Gasteiger partial charge in [-0.3, -0.25) is 9.59 Å². The number of nitrogens with zero attached hydrogens (tertiary/aromatic N) is 2. The first-order valence-corrected chi connectivity index (χ1v) is 14.2. The van der Waals surface area contributed by atoms with Crippen LogP contribution in [0, 0.1) is 0 Å². The number of nitrogens with one attached hydrogen (secondary N) is 2. The van der Waals surface area contributed by atoms with Crippen molar-refractivity contribution >= 4 is 27.5 Å². The van der Waals surface area contributed by atoms with Crippen molar-refractivity contribution in [3.63, 3.8) is 0 Å². The smallest absolute Gasteiger partial charge is 0.422 e. The zero-order valence-corrected chi connectivity index (χ0v) is 21.4. The molecule has 1 fully saturated rings. The molecule has 1 aliphatic carbocycles. The summed E-state index contributed by atoms with van der Waals surface area (Å²) in [7, 11) is -3.60. The topological polar surface area (TPSA) is 129 Å². The van der Waals surface area contributed by atoms with E-state index in [2.05, 4.69) is 15.7 Å². The first kappa shape index (κ1) is 26.5. The van der Waals surface area contributed by atoms with Crippen LogP contribution in [0.4, 0.5) is 19.0 Å². The van der Waals surface area contributed by atoms with Gasteiger partial charge >= 0.3 is 6.18 Å². The number of hydrogen-bond donors (Lipinski definition) is 2. The van der Waals surface area contributed by atoms with E-state index in [-0.39, 0.29) is 36.2 Å². The maximum absolute atomic E-state index is 13.5. The highest BCUT2D eigenvalue weighted by atomic mass is 32.2. The number of aromatic nitrogens is 2. The Bertz CT molecular complexity index is 1380. The molecule has 0 bridgehead atoms. The molecule has 2 amide bonds. The van der Waals surface area contributed by atoms with E-state index >= 15 is 0 Å². The van der Waals surface area contributed by atoms with Gasteiger partial charge in [0.1, 0.15) is 22.9 Å². The Hall–Kier alpha value is -3.13. The molecule has 0 radical (unpaired) electrons. The van der Waals surface area contributed by atoms with E-state index in [9.17, 15) is 31.2 Å². The molecule has 5 rings (SSSR count). The molecule has 2 N–H and O–H groups in total. The van der Waals surface area contributed by atoms with Crippen LogP contribution in [0.2, 0.25) is 0 Å². The quantitative estimate of drug-likeness (QED) is 0.535. The summed E-state index contributed by atoms with van der Waals surface area (Å²) in [5.74, 6) is -1.80. The molecule has 2 aromatic rings. The van der Waals surface area contributed by atoms with Crippen LogP contribution in [-0.2, 0) is 44.3 Å². The molecule has 2 aliphatic heterocycles. The number of halogens is 3. The number of ether oxygens (including phenoxy) is 2. The van der Waals surface area contributed by atoms with Crippen molar-refractivity contribution in [1.82, 2.24) is 15.1 Å². The van der Waals surface area contributed by atoms with Crippen LogP contribution in [0.1, 0.15) is 46.4 Å². The summed E-state index contributed by atoms with van der Waals surface area (Å²) in [6, 6.07) is 4.67. The van der Waals surface area contributed by atoms with Gasteiger partial charge in [-0.2, -0.15) is 18.3 Å². The van der Waals surface area contributed by atoms with Crippen LogP contribution in [0.15, 0.2) is 18.2 Å². The second-order valence-corrected chi connectivity index (χ2v) is 12.2. The lowest BCUT2D eigenvalue weighted by Crippen LogP contribution is -2.49. The van der Waals surface area contributed by atoms with Gasteiger partial charge < -0.3 is 20.1 Å². The Morgan fingerprint density at radius 2 is 2.16 bits per heavy atom. The van der Waals surface area contributed by atoms with Crippen molar-refractivity contribution in [3.8, 4) is 5.75 Å². The number of rotatable bonds is 7. The van der Waals surface area contributed by atoms with E-state index in [1.165, 1.54) is 10.7 Å². The zero-order chi connectivity index (χ0) is 27.3. The van der Waals surface area contributed by atoms with Gasteiger partial charge in [0.25, 0.3) is 5.91 Å². The minimum atomic E-state index is -4.45. The SMILES string of the molecule is CS(=O)(=O)CC(=O)Nc1c2c(nn1CC1CCCO1)C[C@]1(CCc3cc(OCC(F)(F)F)ccc31)NC2=O. The molecule has 0 saturated carbocycles. The molecule has 1 unspecified atom stereocenters. The largest absolute Gasteiger partial charge is 0.484 e. The third-order valence-electron chi connectivity index (χ3n) is 6.94. The van der Waals surface area contributed by atoms with E-state index in [4.69, 9.17) is 9.47 Å². The maximum atomic E-state index is 13.5. The number of fused-ring (bicyclic) bond motifs is 3. The van der Waals surface area contributed by atoms with Gasteiger partial charge in [-0.05, 0) is 48.9 Å². The van der Waals surface area contributed by atoms with Crippen molar-refractivity contribution in [2.24, 2.45) is 0 Å². The summed E-state index contributed by atoms with van der Waals surface area (Å²) < 4.78 is 73.0. The van der Waals surface area contributed by atoms with Gasteiger partial charge in [-0.25, -0.2) is 13.1 Å². The molecule has 14 heteroatoms. The lowest BCUT2D eigenvalue weighted by atomic mass is 9.82. The third kappa shape index (κ3) is 5.51. The number of carbonyl (C=O) groups is 2. The highest BCUT2D eigenvalue weighted by molar-refractivity contribution is 7.91. The number of alkyl halides is 3. The number of hydrogen-bond acceptors (Lipinski definition) is 7. The first-order valence-electron chi connectivity index (χ1n) is 12.2. The summed E-state index contributed by atoms with van der Waals surface area (Å²) in [6.07, 6.45) is -0.712. The molecule has 1 aromatic carbocycles. The Labute approximate surface area is 216 Å². The maximum Gasteiger partial charge on any atom is 0.422 e. The Morgan fingerprint density at radius 3 is 2.84 bits per heavy atom. The van der Waals surface area contributed by atoms with Gasteiger partial charge in [-0.15, -0.1) is 0 Å². The van der Waals surface area contributed by atoms with Crippen molar-refractivity contribution in [2.45, 2.75) is 56.5 Å². The Balaban J connectivity index is 1.45. The summed E-state index contributed by atoms with van der Waals surface area (Å²) in [5.41, 5.74) is 1.32. The van der Waals surface area contributed by atoms with E-state index in [0.29, 0.717) is 25.1 Å². The molecule has 2 atom stereocenters. The van der Waals surface area contributed by atoms with Gasteiger partial charge in [-0.1, -0.05) is 6.07 Å². The van der Waals surface area contributed by atoms with Crippen LogP contribution in [0.25, 0.3) is 0 Å². The number of benzene rings is 1. The highest BCUT2D eigenvalue weighted by Gasteiger charge is 2.47. The molecule has 1 spiro atoms. The molecule has 1 saturated heterocycles. The first-order chi connectivity index (χ1) is 17.8. The van der Waals surface area contributed by atoms with Crippen LogP contribution >= 0.6 is 0 Å². The summed E-state index contributed by atoms with van der Waals surface area (Å²) in [5, 5.41) is 10.2. The fraction of sp³-hybridized carbons (Fsp3) is 0.542. The second kappa shape index (κ2) is 9.56. The fourth-order valence-corrected chi connectivity index (χ4v) is 5.97. The lowest BCUT2D eigenvalue weighted by molar-refractivity contribution is -0.153. The van der Waals surface area contributed by atoms with Crippen LogP contribution in [0.3, 0.4) is 0 Å². The number of carbonyl (C=O) groups excluding carboxylic acids is 2. The molecule has 206 valence electrons. The molecule has 3 aliphatic rings. The fourth-order valence-electron chi connectivity index (χ4n) is 5.43. The number of sulfone groups is 1. The average molecular weight is 557 g/mol. The standard InChI is InChI=1S/C24H27F3N4O6S/c1-38(34,35)12-19(32)28-21-20-18(30-31(21)11-16-3-2-8-36-16)10-23(29-22(20)33)7-6-14-9-15(4-5-17(14)23)37-13-24(25,26)27/h4-5,9,16H,2-3,6-8,10-13H2,1H3,(H,28,32)(H,29,33)/t16?,23-/m0/s1. The highest BCUT2D eigenvalue weighted by Crippen LogP contribution is 2.44. The van der Waals surface area contributed by atoms with Crippen LogP contribution in [-0.4, -0.2) is 67.5 Å². The molecular formula is C24H27F3N4O6S. The number of aryl methyl sites for hydroxylation is 1. The van der Waals surface area contributed by atoms with Crippen LogP contribution < -0.4 is 15.4 Å². The summed E-state index contributed by atoms with van der Waals surface area (Å²) in [4.78, 5) is 26.0. The second-order valence-electron chi connectivity index (χ2n) is 10.0. The molecule has 10 nitrogen and oxygen atoms in total. The van der Waals surface area contributed by atoms with Crippen molar-refractivity contribution in [3.05, 3.63) is 40.6 Å². The molecule has 3 heterocycles. The van der Waals surface area contributed by atoms with E-state index < -0.39 is 45.7 Å². The van der Waals surface area contributed by atoms with Gasteiger partial charge in [0, 0.05) is 19.3 Å². The minimum Gasteiger partial charge on any atom is -0.484 e. The normalized spacial score (nSPS) is 22.7. The predicted molar refractivity (Wildman–Crippen MR) is 129 cm³/mol. The van der Waals surface area contributed by atoms with Crippen LogP contribution in [0.5, 0.6) is 5.75 Å². The van der Waals surface area contributed by atoms with Crippen molar-refractivity contribution in [2.75, 3.05) is 30.5 Å². The summed E-state index contributed by atoms with van der Waals surface area (Å²) in [6.45, 7) is -0.526. The average Bonchev–Trinajstić information content (AvgIpc) is 3.51. The van der Waals surface area contributed by atoms with E-state index in [1.807, 2.05) is 0 Å². The van der Waals surface area contributed by atoms with Gasteiger partial charge in [0.2, 0.25) is 5.91 Å². The Kier molecular flexibility index (Phi) is 6.66. The lowest BCUT2D eigenvalue weighted by Gasteiger charge is -2.35. The number of amides is 2. The Morgan fingerprint density at radius 1 is 1.37 bits per heavy atom. The molecule has 38 heavy (non-hydrogen) atoms. The van der Waals surface area contributed by atoms with Gasteiger partial charge in [0.15, 0.2) is 16.4 Å². The predicted octanol–water partition coefficient (Wildman–Crippen LogP) is 2.11.